The van der Waals surface area contributed by atoms with Gasteiger partial charge in [0.25, 0.3) is 0 Å². The number of benzene rings is 1. The van der Waals surface area contributed by atoms with E-state index in [2.05, 4.69) is 20.7 Å². The van der Waals surface area contributed by atoms with Crippen molar-refractivity contribution < 1.29 is 21.6 Å². The van der Waals surface area contributed by atoms with Crippen LogP contribution >= 0.6 is 15.9 Å². The lowest BCUT2D eigenvalue weighted by molar-refractivity contribution is -0.134. The van der Waals surface area contributed by atoms with E-state index in [1.54, 1.807) is 25.1 Å². The summed E-state index contributed by atoms with van der Waals surface area (Å²) in [5.74, 6) is -0.554. The van der Waals surface area contributed by atoms with Gasteiger partial charge in [0.05, 0.1) is 5.75 Å². The number of anilines is 1. The molecular formula is C11H13BrF3NO2S. The topological polar surface area (TPSA) is 46.2 Å². The molecule has 0 saturated heterocycles. The van der Waals surface area contributed by atoms with E-state index in [1.807, 2.05) is 0 Å². The van der Waals surface area contributed by atoms with E-state index in [0.717, 1.165) is 10.0 Å². The zero-order valence-corrected chi connectivity index (χ0v) is 12.5. The molecule has 108 valence electrons. The first-order valence-corrected chi connectivity index (χ1v) is 7.87. The Morgan fingerprint density at radius 2 is 1.95 bits per heavy atom. The third-order valence-corrected chi connectivity index (χ3v) is 4.57. The van der Waals surface area contributed by atoms with E-state index in [0.29, 0.717) is 5.69 Å². The zero-order valence-electron chi connectivity index (χ0n) is 10.1. The predicted molar refractivity (Wildman–Crippen MR) is 71.6 cm³/mol. The van der Waals surface area contributed by atoms with Gasteiger partial charge in [0.2, 0.25) is 10.0 Å². The van der Waals surface area contributed by atoms with Crippen LogP contribution in [0.25, 0.3) is 0 Å². The average molecular weight is 360 g/mol. The second-order valence-corrected chi connectivity index (χ2v) is 6.80. The van der Waals surface area contributed by atoms with Gasteiger partial charge in [-0.05, 0) is 37.1 Å². The average Bonchev–Trinajstić information content (AvgIpc) is 2.20. The highest BCUT2D eigenvalue weighted by Crippen LogP contribution is 2.23. The predicted octanol–water partition coefficient (Wildman–Crippen LogP) is 3.84. The summed E-state index contributed by atoms with van der Waals surface area (Å²) in [4.78, 5) is 0. The maximum absolute atomic E-state index is 11.9. The van der Waals surface area contributed by atoms with E-state index in [4.69, 9.17) is 0 Å². The van der Waals surface area contributed by atoms with E-state index in [-0.39, 0.29) is 0 Å². The second-order valence-electron chi connectivity index (χ2n) is 4.10. The van der Waals surface area contributed by atoms with Crippen molar-refractivity contribution in [2.75, 3.05) is 10.5 Å². The van der Waals surface area contributed by atoms with Gasteiger partial charge in [-0.15, -0.1) is 0 Å². The van der Waals surface area contributed by atoms with Crippen LogP contribution in [-0.4, -0.2) is 20.3 Å². The quantitative estimate of drug-likeness (QED) is 0.867. The van der Waals surface area contributed by atoms with Crippen LogP contribution in [0.5, 0.6) is 0 Å². The summed E-state index contributed by atoms with van der Waals surface area (Å²) >= 11 is 3.27. The van der Waals surface area contributed by atoms with Crippen molar-refractivity contribution in [2.45, 2.75) is 25.9 Å². The summed E-state index contributed by atoms with van der Waals surface area (Å²) < 4.78 is 62.1. The fourth-order valence-electron chi connectivity index (χ4n) is 1.40. The lowest BCUT2D eigenvalue weighted by Crippen LogP contribution is -2.18. The molecular weight excluding hydrogens is 347 g/mol. The minimum absolute atomic E-state index is 0.340. The third kappa shape index (κ3) is 6.29. The lowest BCUT2D eigenvalue weighted by Gasteiger charge is -2.10. The SMILES string of the molecule is Cc1cc(NS(=O)(=O)CCCC(F)(F)F)ccc1Br. The van der Waals surface area contributed by atoms with Crippen molar-refractivity contribution in [3.8, 4) is 0 Å². The summed E-state index contributed by atoms with van der Waals surface area (Å²) in [5.41, 5.74) is 1.17. The van der Waals surface area contributed by atoms with E-state index in [9.17, 15) is 21.6 Å². The number of rotatable bonds is 5. The highest BCUT2D eigenvalue weighted by atomic mass is 79.9. The molecule has 0 aromatic heterocycles. The molecule has 0 aliphatic rings. The molecule has 0 radical (unpaired) electrons. The van der Waals surface area contributed by atoms with Crippen LogP contribution in [0.15, 0.2) is 22.7 Å². The highest BCUT2D eigenvalue weighted by Gasteiger charge is 2.27. The minimum atomic E-state index is -4.33. The van der Waals surface area contributed by atoms with Crippen LogP contribution in [0.3, 0.4) is 0 Å². The molecule has 3 nitrogen and oxygen atoms in total. The summed E-state index contributed by atoms with van der Waals surface area (Å²) in [6.07, 6.45) is -5.88. The summed E-state index contributed by atoms with van der Waals surface area (Å²) in [5, 5.41) is 0. The van der Waals surface area contributed by atoms with Crippen molar-refractivity contribution in [1.82, 2.24) is 0 Å². The van der Waals surface area contributed by atoms with Crippen molar-refractivity contribution >= 4 is 31.6 Å². The molecule has 1 aromatic rings. The fourth-order valence-corrected chi connectivity index (χ4v) is 2.76. The Kier molecular flexibility index (Phi) is 5.26. The molecule has 0 heterocycles. The Morgan fingerprint density at radius 3 is 2.47 bits per heavy atom. The Bertz CT molecular complexity index is 543. The van der Waals surface area contributed by atoms with Gasteiger partial charge in [-0.3, -0.25) is 4.72 Å². The van der Waals surface area contributed by atoms with Crippen molar-refractivity contribution in [3.05, 3.63) is 28.2 Å². The molecule has 1 aromatic carbocycles. The molecule has 1 rings (SSSR count). The normalized spacial score (nSPS) is 12.5. The van der Waals surface area contributed by atoms with Crippen molar-refractivity contribution in [3.63, 3.8) is 0 Å². The molecule has 0 atom stereocenters. The number of halogens is 4. The zero-order chi connectivity index (χ0) is 14.7. The first-order chi connectivity index (χ1) is 8.59. The molecule has 0 saturated carbocycles. The maximum Gasteiger partial charge on any atom is 0.389 e. The molecule has 0 aliphatic carbocycles. The Hall–Kier alpha value is -0.760. The molecule has 19 heavy (non-hydrogen) atoms. The molecule has 8 heteroatoms. The van der Waals surface area contributed by atoms with Gasteiger partial charge in [-0.2, -0.15) is 13.2 Å². The van der Waals surface area contributed by atoms with Crippen LogP contribution in [0.4, 0.5) is 18.9 Å². The number of alkyl halides is 3. The summed E-state index contributed by atoms with van der Waals surface area (Å²) in [6.45, 7) is 1.78. The Labute approximate surface area is 118 Å². The number of hydrogen-bond acceptors (Lipinski definition) is 2. The number of nitrogens with one attached hydrogen (secondary N) is 1. The van der Waals surface area contributed by atoms with Crippen molar-refractivity contribution in [1.29, 1.82) is 0 Å². The number of aryl methyl sites for hydroxylation is 1. The van der Waals surface area contributed by atoms with Crippen LogP contribution < -0.4 is 4.72 Å². The van der Waals surface area contributed by atoms with Crippen LogP contribution in [0, 0.1) is 6.92 Å². The van der Waals surface area contributed by atoms with Gasteiger partial charge < -0.3 is 0 Å². The molecule has 1 N–H and O–H groups in total. The Balaban J connectivity index is 2.61. The number of sulfonamides is 1. The van der Waals surface area contributed by atoms with Gasteiger partial charge in [0.1, 0.15) is 0 Å². The van der Waals surface area contributed by atoms with Gasteiger partial charge in [0, 0.05) is 16.6 Å². The van der Waals surface area contributed by atoms with Crippen molar-refractivity contribution in [2.24, 2.45) is 0 Å². The van der Waals surface area contributed by atoms with Crippen LogP contribution in [-0.2, 0) is 10.0 Å². The smallest absolute Gasteiger partial charge is 0.284 e. The second kappa shape index (κ2) is 6.13. The molecule has 0 bridgehead atoms. The monoisotopic (exact) mass is 359 g/mol. The first-order valence-electron chi connectivity index (χ1n) is 5.42. The number of hydrogen-bond donors (Lipinski definition) is 1. The maximum atomic E-state index is 11.9. The molecule has 0 unspecified atom stereocenters. The molecule has 0 spiro atoms. The van der Waals surface area contributed by atoms with Gasteiger partial charge in [-0.1, -0.05) is 15.9 Å². The standard InChI is InChI=1S/C11H13BrF3NO2S/c1-8-7-9(3-4-10(8)12)16-19(17,18)6-2-5-11(13,14)15/h3-4,7,16H,2,5-6H2,1H3. The fraction of sp³-hybridized carbons (Fsp3) is 0.455. The van der Waals surface area contributed by atoms with Crippen LogP contribution in [0.1, 0.15) is 18.4 Å². The lowest BCUT2D eigenvalue weighted by atomic mass is 10.2. The van der Waals surface area contributed by atoms with E-state index in [1.165, 1.54) is 0 Å². The molecule has 0 amide bonds. The summed E-state index contributed by atoms with van der Waals surface area (Å²) in [6, 6.07) is 4.81. The van der Waals surface area contributed by atoms with Gasteiger partial charge >= 0.3 is 6.18 Å². The van der Waals surface area contributed by atoms with Crippen LogP contribution in [0.2, 0.25) is 0 Å². The molecule has 0 aliphatic heterocycles. The largest absolute Gasteiger partial charge is 0.389 e. The van der Waals surface area contributed by atoms with E-state index < -0.39 is 34.8 Å². The van der Waals surface area contributed by atoms with Gasteiger partial charge in [0.15, 0.2) is 0 Å². The third-order valence-electron chi connectivity index (χ3n) is 2.30. The first kappa shape index (κ1) is 16.3. The molecule has 0 fully saturated rings. The Morgan fingerprint density at radius 1 is 1.32 bits per heavy atom. The van der Waals surface area contributed by atoms with Gasteiger partial charge in [-0.25, -0.2) is 8.42 Å². The van der Waals surface area contributed by atoms with E-state index >= 15 is 0 Å². The highest BCUT2D eigenvalue weighted by molar-refractivity contribution is 9.10. The minimum Gasteiger partial charge on any atom is -0.284 e. The summed E-state index contributed by atoms with van der Waals surface area (Å²) in [7, 11) is -3.75.